The molecule has 3 heterocycles. The van der Waals surface area contributed by atoms with Crippen molar-refractivity contribution in [1.82, 2.24) is 14.7 Å². The first-order valence-corrected chi connectivity index (χ1v) is 12.7. The third-order valence-electron chi connectivity index (χ3n) is 5.48. The van der Waals surface area contributed by atoms with Gasteiger partial charge in [-0.25, -0.2) is 17.5 Å². The van der Waals surface area contributed by atoms with E-state index in [1.165, 1.54) is 23.5 Å². The smallest absolute Gasteiger partial charge is 0.264 e. The lowest BCUT2D eigenvalue weighted by Crippen LogP contribution is -2.41. The summed E-state index contributed by atoms with van der Waals surface area (Å²) in [4.78, 5) is 16.4. The molecule has 1 fully saturated rings. The number of benzene rings is 1. The molecular weight excluding hydrogens is 441 g/mol. The molecule has 0 aliphatic carbocycles. The Morgan fingerprint density at radius 2 is 2.10 bits per heavy atom. The zero-order valence-electron chi connectivity index (χ0n) is 17.4. The molecule has 1 aliphatic rings. The number of carbonyl (C=O) groups is 1. The van der Waals surface area contributed by atoms with Crippen molar-refractivity contribution in [2.75, 3.05) is 31.8 Å². The molecule has 1 amide bonds. The van der Waals surface area contributed by atoms with Crippen LogP contribution in [0, 0.1) is 12.7 Å². The number of hydrogen-bond donors (Lipinski definition) is 0. The minimum atomic E-state index is -3.12. The number of hydrogen-bond acceptors (Lipinski definition) is 6. The summed E-state index contributed by atoms with van der Waals surface area (Å²) in [6, 6.07) is 7.52. The molecule has 0 saturated carbocycles. The van der Waals surface area contributed by atoms with E-state index in [0.717, 1.165) is 15.9 Å². The molecule has 31 heavy (non-hydrogen) atoms. The SMILES string of the molecule is COCCCN(C(=O)c1cc2c(C)nn(-c3ccc(F)cc3)c2s1)C1CCS(=O)(=O)C1. The van der Waals surface area contributed by atoms with E-state index in [-0.39, 0.29) is 29.3 Å². The number of ether oxygens (including phenoxy) is 1. The Morgan fingerprint density at radius 3 is 2.74 bits per heavy atom. The Bertz CT molecular complexity index is 1200. The van der Waals surface area contributed by atoms with Gasteiger partial charge in [0.15, 0.2) is 9.84 Å². The highest BCUT2D eigenvalue weighted by Gasteiger charge is 2.35. The number of aryl methyl sites for hydroxylation is 1. The van der Waals surface area contributed by atoms with E-state index in [1.807, 2.05) is 13.0 Å². The fraction of sp³-hybridized carbons (Fsp3) is 0.429. The first kappa shape index (κ1) is 21.9. The van der Waals surface area contributed by atoms with Crippen LogP contribution >= 0.6 is 11.3 Å². The summed E-state index contributed by atoms with van der Waals surface area (Å²) in [6.45, 7) is 2.79. The van der Waals surface area contributed by atoms with E-state index in [9.17, 15) is 17.6 Å². The third-order valence-corrected chi connectivity index (χ3v) is 8.33. The van der Waals surface area contributed by atoms with Crippen LogP contribution in [0.2, 0.25) is 0 Å². The zero-order chi connectivity index (χ0) is 22.2. The van der Waals surface area contributed by atoms with E-state index in [4.69, 9.17) is 4.74 Å². The Hall–Kier alpha value is -2.30. The Labute approximate surface area is 184 Å². The van der Waals surface area contributed by atoms with Gasteiger partial charge in [0, 0.05) is 31.7 Å². The number of aromatic nitrogens is 2. The largest absolute Gasteiger partial charge is 0.385 e. The van der Waals surface area contributed by atoms with Crippen molar-refractivity contribution < 1.29 is 22.3 Å². The molecule has 2 aromatic heterocycles. The number of thiophene rings is 1. The van der Waals surface area contributed by atoms with Crippen LogP contribution in [0.15, 0.2) is 30.3 Å². The summed E-state index contributed by atoms with van der Waals surface area (Å²) < 4.78 is 44.2. The molecular formula is C21H24FN3O4S2. The fourth-order valence-corrected chi connectivity index (χ4v) is 6.77. The highest BCUT2D eigenvalue weighted by atomic mass is 32.2. The van der Waals surface area contributed by atoms with Gasteiger partial charge in [-0.1, -0.05) is 0 Å². The number of methoxy groups -OCH3 is 1. The number of fused-ring (bicyclic) bond motifs is 1. The zero-order valence-corrected chi connectivity index (χ0v) is 19.0. The molecule has 166 valence electrons. The number of halogens is 1. The molecule has 0 N–H and O–H groups in total. The maximum atomic E-state index is 13.4. The highest BCUT2D eigenvalue weighted by molar-refractivity contribution is 7.91. The monoisotopic (exact) mass is 465 g/mol. The van der Waals surface area contributed by atoms with Gasteiger partial charge in [-0.2, -0.15) is 5.10 Å². The maximum Gasteiger partial charge on any atom is 0.264 e. The maximum absolute atomic E-state index is 13.4. The van der Waals surface area contributed by atoms with Crippen molar-refractivity contribution in [2.45, 2.75) is 25.8 Å². The van der Waals surface area contributed by atoms with E-state index >= 15 is 0 Å². The van der Waals surface area contributed by atoms with Gasteiger partial charge < -0.3 is 9.64 Å². The molecule has 1 atom stereocenters. The molecule has 1 aliphatic heterocycles. The molecule has 1 aromatic carbocycles. The number of nitrogens with zero attached hydrogens (tertiary/aromatic N) is 3. The Morgan fingerprint density at radius 1 is 1.35 bits per heavy atom. The molecule has 7 nitrogen and oxygen atoms in total. The molecule has 1 unspecified atom stereocenters. The molecule has 1 saturated heterocycles. The van der Waals surface area contributed by atoms with Crippen molar-refractivity contribution >= 4 is 37.3 Å². The van der Waals surface area contributed by atoms with Gasteiger partial charge in [0.2, 0.25) is 0 Å². The second-order valence-electron chi connectivity index (χ2n) is 7.70. The summed E-state index contributed by atoms with van der Waals surface area (Å²) in [5.74, 6) is -0.399. The van der Waals surface area contributed by atoms with Crippen LogP contribution in [0.5, 0.6) is 0 Å². The Balaban J connectivity index is 1.67. The van der Waals surface area contributed by atoms with Crippen molar-refractivity contribution in [3.8, 4) is 5.69 Å². The second-order valence-corrected chi connectivity index (χ2v) is 11.0. The first-order valence-electron chi connectivity index (χ1n) is 10.0. The average Bonchev–Trinajstić information content (AvgIpc) is 3.40. The third kappa shape index (κ3) is 4.51. The molecule has 0 spiro atoms. The molecule has 3 aromatic rings. The van der Waals surface area contributed by atoms with E-state index in [0.29, 0.717) is 36.6 Å². The lowest BCUT2D eigenvalue weighted by Gasteiger charge is -2.27. The number of rotatable bonds is 7. The summed E-state index contributed by atoms with van der Waals surface area (Å²) >= 11 is 1.31. The van der Waals surface area contributed by atoms with Crippen LogP contribution < -0.4 is 0 Å². The van der Waals surface area contributed by atoms with Gasteiger partial charge in [-0.15, -0.1) is 11.3 Å². The minimum Gasteiger partial charge on any atom is -0.385 e. The van der Waals surface area contributed by atoms with Crippen LogP contribution in [-0.4, -0.2) is 66.8 Å². The summed E-state index contributed by atoms with van der Waals surface area (Å²) in [6.07, 6.45) is 1.08. The predicted octanol–water partition coefficient (Wildman–Crippen LogP) is 3.20. The molecule has 10 heteroatoms. The summed E-state index contributed by atoms with van der Waals surface area (Å²) in [5, 5.41) is 5.39. The second kappa shape index (κ2) is 8.68. The topological polar surface area (TPSA) is 81.5 Å². The van der Waals surface area contributed by atoms with Crippen LogP contribution in [0.25, 0.3) is 15.9 Å². The van der Waals surface area contributed by atoms with Crippen LogP contribution in [-0.2, 0) is 14.6 Å². The van der Waals surface area contributed by atoms with Crippen molar-refractivity contribution in [2.24, 2.45) is 0 Å². The number of carbonyl (C=O) groups excluding carboxylic acids is 1. The number of sulfone groups is 1. The van der Waals surface area contributed by atoms with Crippen molar-refractivity contribution in [3.63, 3.8) is 0 Å². The lowest BCUT2D eigenvalue weighted by molar-refractivity contribution is 0.0679. The molecule has 0 bridgehead atoms. The molecule has 4 rings (SSSR count). The van der Waals surface area contributed by atoms with E-state index in [1.54, 1.807) is 28.8 Å². The van der Waals surface area contributed by atoms with Crippen LogP contribution in [0.1, 0.15) is 28.2 Å². The highest BCUT2D eigenvalue weighted by Crippen LogP contribution is 2.32. The standard InChI is InChI=1S/C21H24FN3O4S2/c1-14-18-12-19(30-21(18)25(23-14)16-6-4-15(22)5-7-16)20(26)24(9-3-10-29-2)17-8-11-31(27,28)13-17/h4-7,12,17H,3,8-11,13H2,1-2H3. The van der Waals surface area contributed by atoms with Crippen molar-refractivity contribution in [1.29, 1.82) is 0 Å². The number of amides is 1. The fourth-order valence-electron chi connectivity index (χ4n) is 3.90. The average molecular weight is 466 g/mol. The Kier molecular flexibility index (Phi) is 6.14. The van der Waals surface area contributed by atoms with Gasteiger partial charge >= 0.3 is 0 Å². The van der Waals surface area contributed by atoms with Gasteiger partial charge in [0.05, 0.1) is 27.8 Å². The van der Waals surface area contributed by atoms with Crippen molar-refractivity contribution in [3.05, 3.63) is 46.7 Å². The summed E-state index contributed by atoms with van der Waals surface area (Å²) in [5.41, 5.74) is 1.48. The quantitative estimate of drug-likeness (QED) is 0.501. The van der Waals surface area contributed by atoms with Gasteiger partial charge in [0.1, 0.15) is 10.6 Å². The normalized spacial score (nSPS) is 18.0. The van der Waals surface area contributed by atoms with Gasteiger partial charge in [0.25, 0.3) is 5.91 Å². The predicted molar refractivity (Wildman–Crippen MR) is 118 cm³/mol. The minimum absolute atomic E-state index is 0.000990. The lowest BCUT2D eigenvalue weighted by atomic mass is 10.2. The van der Waals surface area contributed by atoms with Gasteiger partial charge in [-0.3, -0.25) is 4.79 Å². The van der Waals surface area contributed by atoms with Crippen LogP contribution in [0.3, 0.4) is 0 Å². The summed E-state index contributed by atoms with van der Waals surface area (Å²) in [7, 11) is -1.52. The van der Waals surface area contributed by atoms with Crippen LogP contribution in [0.4, 0.5) is 4.39 Å². The first-order chi connectivity index (χ1) is 14.8. The van der Waals surface area contributed by atoms with E-state index < -0.39 is 9.84 Å². The van der Waals surface area contributed by atoms with E-state index in [2.05, 4.69) is 5.10 Å². The van der Waals surface area contributed by atoms with Gasteiger partial charge in [-0.05, 0) is 50.1 Å². The molecule has 0 radical (unpaired) electrons.